The first-order valence-electron chi connectivity index (χ1n) is 14.8. The molecule has 0 atom stereocenters. The SMILES string of the molecule is CC(C)(c1ccc(CP(C(C)(C)C)C(C)(C)C)c(CP(C(C)(C)C)C(C)(C)C)c1)c1ccc2ccccc2c1. The van der Waals surface area contributed by atoms with Crippen LogP contribution >= 0.6 is 15.8 Å². The number of benzene rings is 3. The third-order valence-corrected chi connectivity index (χ3v) is 16.1. The van der Waals surface area contributed by atoms with E-state index in [0.29, 0.717) is 20.6 Å². The van der Waals surface area contributed by atoms with Crippen molar-refractivity contribution in [1.82, 2.24) is 0 Å². The molecule has 0 N–H and O–H groups in total. The first-order chi connectivity index (χ1) is 17.6. The Morgan fingerprint density at radius 2 is 0.846 bits per heavy atom. The van der Waals surface area contributed by atoms with Gasteiger partial charge in [-0.25, -0.2) is 0 Å². The van der Waals surface area contributed by atoms with Gasteiger partial charge < -0.3 is 0 Å². The van der Waals surface area contributed by atoms with E-state index in [1.165, 1.54) is 34.2 Å². The van der Waals surface area contributed by atoms with E-state index in [9.17, 15) is 0 Å². The highest BCUT2D eigenvalue weighted by atomic mass is 31.1. The molecule has 0 radical (unpaired) electrons. The molecular weight excluding hydrogens is 506 g/mol. The Hall–Kier alpha value is -1.22. The molecule has 0 aliphatic heterocycles. The van der Waals surface area contributed by atoms with Crippen molar-refractivity contribution in [2.24, 2.45) is 0 Å². The summed E-state index contributed by atoms with van der Waals surface area (Å²) in [6.07, 6.45) is 2.39. The van der Waals surface area contributed by atoms with Crippen molar-refractivity contribution in [3.05, 3.63) is 82.9 Å². The maximum atomic E-state index is 2.61. The van der Waals surface area contributed by atoms with Crippen LogP contribution in [0.3, 0.4) is 0 Å². The third-order valence-electron chi connectivity index (χ3n) is 8.30. The summed E-state index contributed by atoms with van der Waals surface area (Å²) in [7, 11) is -0.446. The summed E-state index contributed by atoms with van der Waals surface area (Å²) in [4.78, 5) is 0. The van der Waals surface area contributed by atoms with Crippen LogP contribution in [0.1, 0.15) is 119 Å². The van der Waals surface area contributed by atoms with Gasteiger partial charge in [0.25, 0.3) is 0 Å². The Kier molecular flexibility index (Phi) is 9.29. The number of rotatable bonds is 6. The Balaban J connectivity index is 2.17. The number of hydrogen-bond acceptors (Lipinski definition) is 0. The second kappa shape index (κ2) is 11.2. The summed E-state index contributed by atoms with van der Waals surface area (Å²) in [5, 5.41) is 3.86. The molecule has 0 amide bonds. The molecule has 3 aromatic rings. The molecule has 214 valence electrons. The zero-order valence-electron chi connectivity index (χ0n) is 27.6. The average Bonchev–Trinajstić information content (AvgIpc) is 2.77. The van der Waals surface area contributed by atoms with Crippen LogP contribution in [-0.2, 0) is 17.7 Å². The van der Waals surface area contributed by atoms with Gasteiger partial charge in [-0.15, -0.1) is 0 Å². The lowest BCUT2D eigenvalue weighted by Crippen LogP contribution is -2.27. The number of hydrogen-bond donors (Lipinski definition) is 0. The summed E-state index contributed by atoms with van der Waals surface area (Å²) >= 11 is 0. The molecule has 0 aliphatic rings. The molecule has 0 spiro atoms. The monoisotopic (exact) mass is 562 g/mol. The van der Waals surface area contributed by atoms with Gasteiger partial charge in [-0.05, 0) is 66.0 Å². The quantitative estimate of drug-likeness (QED) is 0.262. The van der Waals surface area contributed by atoms with Crippen LogP contribution in [0.15, 0.2) is 60.7 Å². The highest BCUT2D eigenvalue weighted by molar-refractivity contribution is 7.60. The molecule has 3 aromatic carbocycles. The molecule has 0 nitrogen and oxygen atoms in total. The van der Waals surface area contributed by atoms with Crippen LogP contribution in [0.4, 0.5) is 0 Å². The van der Waals surface area contributed by atoms with Crippen LogP contribution in [0.2, 0.25) is 0 Å². The van der Waals surface area contributed by atoms with Gasteiger partial charge in [0.05, 0.1) is 0 Å². The third kappa shape index (κ3) is 7.75. The topological polar surface area (TPSA) is 0 Å². The second-order valence-corrected chi connectivity index (χ2v) is 23.7. The minimum atomic E-state index is -0.235. The van der Waals surface area contributed by atoms with Gasteiger partial charge in [-0.1, -0.05) is 173 Å². The minimum absolute atomic E-state index is 0.0671. The van der Waals surface area contributed by atoms with E-state index < -0.39 is 0 Å². The van der Waals surface area contributed by atoms with Gasteiger partial charge in [-0.2, -0.15) is 0 Å². The van der Waals surface area contributed by atoms with Gasteiger partial charge in [0.1, 0.15) is 0 Å². The molecule has 0 fully saturated rings. The first kappa shape index (κ1) is 32.3. The van der Waals surface area contributed by atoms with Crippen molar-refractivity contribution in [2.45, 2.75) is 135 Å². The van der Waals surface area contributed by atoms with Gasteiger partial charge >= 0.3 is 0 Å². The Labute approximate surface area is 244 Å². The van der Waals surface area contributed by atoms with Crippen LogP contribution in [-0.4, -0.2) is 20.6 Å². The predicted octanol–water partition coefficient (Wildman–Crippen LogP) is 12.3. The Morgan fingerprint density at radius 1 is 0.436 bits per heavy atom. The second-order valence-electron chi connectivity index (χ2n) is 16.0. The average molecular weight is 563 g/mol. The van der Waals surface area contributed by atoms with Gasteiger partial charge in [0.2, 0.25) is 0 Å². The van der Waals surface area contributed by atoms with Crippen LogP contribution in [0.5, 0.6) is 0 Å². The van der Waals surface area contributed by atoms with E-state index >= 15 is 0 Å². The predicted molar refractivity (Wildman–Crippen MR) is 183 cm³/mol. The summed E-state index contributed by atoms with van der Waals surface area (Å²) in [6.45, 7) is 34.3. The molecule has 39 heavy (non-hydrogen) atoms. The van der Waals surface area contributed by atoms with E-state index in [0.717, 1.165) is 0 Å². The lowest BCUT2D eigenvalue weighted by Gasteiger charge is -2.44. The molecule has 0 unspecified atom stereocenters. The van der Waals surface area contributed by atoms with Gasteiger partial charge in [0.15, 0.2) is 0 Å². The minimum Gasteiger partial charge on any atom is -0.0911 e. The van der Waals surface area contributed by atoms with Crippen molar-refractivity contribution < 1.29 is 0 Å². The van der Waals surface area contributed by atoms with Crippen LogP contribution in [0.25, 0.3) is 10.8 Å². The fourth-order valence-electron chi connectivity index (χ4n) is 6.36. The van der Waals surface area contributed by atoms with E-state index in [4.69, 9.17) is 0 Å². The lowest BCUT2D eigenvalue weighted by atomic mass is 9.77. The molecule has 0 aliphatic carbocycles. The molecule has 0 aromatic heterocycles. The van der Waals surface area contributed by atoms with E-state index in [1.54, 1.807) is 11.1 Å². The zero-order valence-corrected chi connectivity index (χ0v) is 29.4. The first-order valence-corrected chi connectivity index (χ1v) is 17.8. The smallest absolute Gasteiger partial charge is 0.0146 e. The Morgan fingerprint density at radius 3 is 1.33 bits per heavy atom. The van der Waals surface area contributed by atoms with Crippen molar-refractivity contribution in [3.63, 3.8) is 0 Å². The van der Waals surface area contributed by atoms with Gasteiger partial charge in [0, 0.05) is 5.41 Å². The standard InChI is InChI=1S/C37H56P2/c1-33(2,3)38(34(4,5)6)25-29-20-22-32(24-30(29)26-39(35(7,8)9)36(10,11)12)37(13,14)31-21-19-27-17-15-16-18-28(27)23-31/h15-24H,25-26H2,1-14H3. The van der Waals surface area contributed by atoms with E-state index in [-0.39, 0.29) is 21.3 Å². The molecule has 3 rings (SSSR count). The summed E-state index contributed by atoms with van der Waals surface area (Å²) in [6, 6.07) is 23.3. The Bertz CT molecular complexity index is 1240. The summed E-state index contributed by atoms with van der Waals surface area (Å²) in [5.41, 5.74) is 5.94. The van der Waals surface area contributed by atoms with Crippen LogP contribution in [0, 0.1) is 0 Å². The fraction of sp³-hybridized carbons (Fsp3) is 0.568. The van der Waals surface area contributed by atoms with E-state index in [1.807, 2.05) is 0 Å². The van der Waals surface area contributed by atoms with Crippen molar-refractivity contribution in [1.29, 1.82) is 0 Å². The summed E-state index contributed by atoms with van der Waals surface area (Å²) in [5.74, 6) is 0. The fourth-order valence-corrected chi connectivity index (χ4v) is 13.6. The van der Waals surface area contributed by atoms with Crippen LogP contribution < -0.4 is 0 Å². The number of fused-ring (bicyclic) bond motifs is 1. The van der Waals surface area contributed by atoms with E-state index in [2.05, 4.69) is 158 Å². The summed E-state index contributed by atoms with van der Waals surface area (Å²) < 4.78 is 0. The normalized spacial score (nSPS) is 14.1. The maximum Gasteiger partial charge on any atom is 0.0146 e. The van der Waals surface area contributed by atoms with Crippen molar-refractivity contribution in [2.75, 3.05) is 0 Å². The molecular formula is C37H56P2. The molecule has 0 saturated heterocycles. The van der Waals surface area contributed by atoms with Crippen molar-refractivity contribution in [3.8, 4) is 0 Å². The lowest BCUT2D eigenvalue weighted by molar-refractivity contribution is 0.640. The molecule has 0 saturated carbocycles. The van der Waals surface area contributed by atoms with Crippen molar-refractivity contribution >= 4 is 26.6 Å². The highest BCUT2D eigenvalue weighted by Crippen LogP contribution is 2.64. The molecule has 0 heterocycles. The molecule has 2 heteroatoms. The van der Waals surface area contributed by atoms with Gasteiger partial charge in [-0.3, -0.25) is 0 Å². The molecule has 0 bridgehead atoms. The maximum absolute atomic E-state index is 2.61. The largest absolute Gasteiger partial charge is 0.0911 e. The zero-order chi connectivity index (χ0) is 29.6. The highest BCUT2D eigenvalue weighted by Gasteiger charge is 2.37.